The average Bonchev–Trinajstić information content (AvgIpc) is 3.43. The zero-order valence-electron chi connectivity index (χ0n) is 52.2. The van der Waals surface area contributed by atoms with Gasteiger partial charge in [0, 0.05) is 12.8 Å². The minimum absolute atomic E-state index is 0.00646. The lowest BCUT2D eigenvalue weighted by Crippen LogP contribution is -2.45. The summed E-state index contributed by atoms with van der Waals surface area (Å²) < 4.78 is 5.50. The lowest BCUT2D eigenvalue weighted by Gasteiger charge is -2.20. The van der Waals surface area contributed by atoms with E-state index >= 15 is 0 Å². The Morgan fingerprint density at radius 3 is 0.922 bits per heavy atom. The molecule has 0 heterocycles. The molecule has 1 amide bonds. The Bertz CT molecular complexity index is 1200. The van der Waals surface area contributed by atoms with Crippen LogP contribution >= 0.6 is 0 Å². The Hall–Kier alpha value is -1.66. The number of nitrogens with one attached hydrogen (secondary N) is 1. The molecule has 0 aliphatic carbocycles. The van der Waals surface area contributed by atoms with Crippen molar-refractivity contribution in [1.29, 1.82) is 0 Å². The number of carbonyl (C=O) groups excluding carboxylic acids is 2. The SMILES string of the molecule is CCCCCCCCC/C=C\CCCCCCCCCC(=O)OCCCCCCCCCCCCCCCCCCCCCC(=O)NC(CO)C(O)/C=C/CCCCCCCCCCCCCCCCCCCCCCC. The number of ether oxygens (including phenoxy) is 1. The van der Waals surface area contributed by atoms with E-state index in [1.54, 1.807) is 6.08 Å². The van der Waals surface area contributed by atoms with Gasteiger partial charge in [-0.15, -0.1) is 0 Å². The first-order chi connectivity index (χ1) is 38.0. The van der Waals surface area contributed by atoms with E-state index in [-0.39, 0.29) is 18.5 Å². The number of aliphatic hydroxyl groups is 2. The molecular formula is C71H137NO5. The van der Waals surface area contributed by atoms with E-state index in [0.29, 0.717) is 19.4 Å². The molecule has 77 heavy (non-hydrogen) atoms. The van der Waals surface area contributed by atoms with E-state index in [0.717, 1.165) is 44.9 Å². The second kappa shape index (κ2) is 66.8. The first-order valence-electron chi connectivity index (χ1n) is 35.1. The van der Waals surface area contributed by atoms with E-state index in [9.17, 15) is 19.8 Å². The van der Waals surface area contributed by atoms with Gasteiger partial charge < -0.3 is 20.3 Å². The maximum absolute atomic E-state index is 12.5. The summed E-state index contributed by atoms with van der Waals surface area (Å²) in [7, 11) is 0. The van der Waals surface area contributed by atoms with E-state index < -0.39 is 12.1 Å². The van der Waals surface area contributed by atoms with E-state index in [1.165, 1.54) is 321 Å². The molecule has 456 valence electrons. The standard InChI is InChI=1S/C71H137NO5/c1-3-5-7-9-11-13-15-17-19-21-23-24-25-26-28-31-35-39-43-47-51-55-59-63-69(74)68(67-73)72-70(75)64-60-56-52-48-44-40-36-32-29-27-30-34-38-42-46-50-54-58-62-66-77-71(76)65-61-57-53-49-45-41-37-33-22-20-18-16-14-12-10-8-6-4-2/h20,22,59,63,68-69,73-74H,3-19,21,23-58,60-62,64-67H2,1-2H3,(H,72,75)/b22-20-,63-59+. The summed E-state index contributed by atoms with van der Waals surface area (Å²) in [5, 5.41) is 23.3. The first kappa shape index (κ1) is 75.3. The topological polar surface area (TPSA) is 95.9 Å². The zero-order chi connectivity index (χ0) is 55.7. The second-order valence-corrected chi connectivity index (χ2v) is 24.2. The van der Waals surface area contributed by atoms with Crippen molar-refractivity contribution in [2.24, 2.45) is 0 Å². The number of hydrogen-bond donors (Lipinski definition) is 3. The minimum Gasteiger partial charge on any atom is -0.466 e. The van der Waals surface area contributed by atoms with Crippen LogP contribution in [0.4, 0.5) is 0 Å². The van der Waals surface area contributed by atoms with Crippen LogP contribution in [0.2, 0.25) is 0 Å². The molecule has 3 N–H and O–H groups in total. The van der Waals surface area contributed by atoms with Crippen molar-refractivity contribution in [2.45, 2.75) is 405 Å². The Morgan fingerprint density at radius 2 is 0.610 bits per heavy atom. The molecule has 0 aromatic rings. The van der Waals surface area contributed by atoms with Crippen LogP contribution in [0.5, 0.6) is 0 Å². The van der Waals surface area contributed by atoms with Gasteiger partial charge >= 0.3 is 5.97 Å². The quantitative estimate of drug-likeness (QED) is 0.0320. The Kier molecular flexibility index (Phi) is 65.4. The van der Waals surface area contributed by atoms with Gasteiger partial charge in [0.05, 0.1) is 25.4 Å². The molecule has 0 fully saturated rings. The second-order valence-electron chi connectivity index (χ2n) is 24.2. The molecule has 0 radical (unpaired) electrons. The minimum atomic E-state index is -0.848. The van der Waals surface area contributed by atoms with Crippen molar-refractivity contribution < 1.29 is 24.5 Å². The van der Waals surface area contributed by atoms with Crippen molar-refractivity contribution in [3.05, 3.63) is 24.3 Å². The van der Waals surface area contributed by atoms with Gasteiger partial charge in [0.25, 0.3) is 0 Å². The third-order valence-corrected chi connectivity index (χ3v) is 16.5. The van der Waals surface area contributed by atoms with Crippen LogP contribution in [0.3, 0.4) is 0 Å². The van der Waals surface area contributed by atoms with Crippen LogP contribution in [0.15, 0.2) is 24.3 Å². The number of amides is 1. The number of rotatable bonds is 66. The van der Waals surface area contributed by atoms with Crippen LogP contribution in [0.1, 0.15) is 393 Å². The smallest absolute Gasteiger partial charge is 0.305 e. The molecule has 0 saturated heterocycles. The summed E-state index contributed by atoms with van der Waals surface area (Å²) in [6.07, 6.45) is 83.9. The Morgan fingerprint density at radius 1 is 0.351 bits per heavy atom. The first-order valence-corrected chi connectivity index (χ1v) is 35.1. The molecule has 0 spiro atoms. The molecule has 2 atom stereocenters. The van der Waals surface area contributed by atoms with Crippen LogP contribution in [-0.2, 0) is 14.3 Å². The molecule has 0 saturated carbocycles. The zero-order valence-corrected chi connectivity index (χ0v) is 52.2. The number of unbranched alkanes of at least 4 members (excludes halogenated alkanes) is 53. The highest BCUT2D eigenvalue weighted by Gasteiger charge is 2.18. The molecule has 2 unspecified atom stereocenters. The molecule has 0 bridgehead atoms. The molecule has 0 aromatic heterocycles. The summed E-state index contributed by atoms with van der Waals surface area (Å²) in [5.41, 5.74) is 0. The normalized spacial score (nSPS) is 12.6. The van der Waals surface area contributed by atoms with Crippen molar-refractivity contribution >= 4 is 11.9 Å². The maximum atomic E-state index is 12.5. The highest BCUT2D eigenvalue weighted by atomic mass is 16.5. The number of carbonyl (C=O) groups is 2. The highest BCUT2D eigenvalue weighted by Crippen LogP contribution is 2.19. The summed E-state index contributed by atoms with van der Waals surface area (Å²) in [4.78, 5) is 24.6. The van der Waals surface area contributed by atoms with Crippen LogP contribution < -0.4 is 5.32 Å². The lowest BCUT2D eigenvalue weighted by molar-refractivity contribution is -0.143. The van der Waals surface area contributed by atoms with Gasteiger partial charge in [0.15, 0.2) is 0 Å². The molecule has 6 nitrogen and oxygen atoms in total. The fraction of sp³-hybridized carbons (Fsp3) is 0.915. The van der Waals surface area contributed by atoms with Gasteiger partial charge in [-0.1, -0.05) is 346 Å². The van der Waals surface area contributed by atoms with Crippen molar-refractivity contribution in [2.75, 3.05) is 13.2 Å². The van der Waals surface area contributed by atoms with E-state index in [4.69, 9.17) is 4.74 Å². The number of aliphatic hydroxyl groups excluding tert-OH is 2. The maximum Gasteiger partial charge on any atom is 0.305 e. The van der Waals surface area contributed by atoms with Crippen LogP contribution in [0.25, 0.3) is 0 Å². The monoisotopic (exact) mass is 1080 g/mol. The van der Waals surface area contributed by atoms with Gasteiger partial charge in [-0.05, 0) is 57.8 Å². The van der Waals surface area contributed by atoms with Gasteiger partial charge in [0.2, 0.25) is 5.91 Å². The van der Waals surface area contributed by atoms with Gasteiger partial charge in [-0.2, -0.15) is 0 Å². The largest absolute Gasteiger partial charge is 0.466 e. The highest BCUT2D eigenvalue weighted by molar-refractivity contribution is 5.76. The molecule has 0 aliphatic heterocycles. The third kappa shape index (κ3) is 63.4. The lowest BCUT2D eigenvalue weighted by atomic mass is 10.0. The molecule has 0 aliphatic rings. The van der Waals surface area contributed by atoms with Crippen molar-refractivity contribution in [1.82, 2.24) is 5.32 Å². The molecular weight excluding hydrogens is 947 g/mol. The van der Waals surface area contributed by atoms with Gasteiger partial charge in [0.1, 0.15) is 0 Å². The average molecular weight is 1080 g/mol. The predicted octanol–water partition coefficient (Wildman–Crippen LogP) is 22.5. The third-order valence-electron chi connectivity index (χ3n) is 16.5. The van der Waals surface area contributed by atoms with Crippen molar-refractivity contribution in [3.8, 4) is 0 Å². The summed E-state index contributed by atoms with van der Waals surface area (Å²) in [5.74, 6) is -0.0601. The summed E-state index contributed by atoms with van der Waals surface area (Å²) in [6, 6.07) is -0.631. The molecule has 6 heteroatoms. The number of hydrogen-bond acceptors (Lipinski definition) is 5. The number of allylic oxidation sites excluding steroid dienone is 3. The fourth-order valence-electron chi connectivity index (χ4n) is 11.1. The van der Waals surface area contributed by atoms with E-state index in [2.05, 4.69) is 31.3 Å². The van der Waals surface area contributed by atoms with Crippen LogP contribution in [-0.4, -0.2) is 47.4 Å². The molecule has 0 rings (SSSR count). The molecule has 0 aromatic carbocycles. The Labute approximate surface area is 481 Å². The van der Waals surface area contributed by atoms with Crippen molar-refractivity contribution in [3.63, 3.8) is 0 Å². The fourth-order valence-corrected chi connectivity index (χ4v) is 11.1. The number of esters is 1. The summed E-state index contributed by atoms with van der Waals surface area (Å²) >= 11 is 0. The van der Waals surface area contributed by atoms with Gasteiger partial charge in [-0.25, -0.2) is 0 Å². The Balaban J connectivity index is 3.42. The summed E-state index contributed by atoms with van der Waals surface area (Å²) in [6.45, 7) is 4.93. The predicted molar refractivity (Wildman–Crippen MR) is 338 cm³/mol. The van der Waals surface area contributed by atoms with Crippen LogP contribution in [0, 0.1) is 0 Å². The van der Waals surface area contributed by atoms with E-state index in [1.807, 2.05) is 6.08 Å². The van der Waals surface area contributed by atoms with Gasteiger partial charge in [-0.3, -0.25) is 9.59 Å².